The molecule has 0 radical (unpaired) electrons. The maximum Gasteiger partial charge on any atom is 0.312 e. The van der Waals surface area contributed by atoms with Crippen molar-refractivity contribution in [2.24, 2.45) is 5.73 Å². The van der Waals surface area contributed by atoms with Crippen molar-refractivity contribution in [3.8, 4) is 11.5 Å². The van der Waals surface area contributed by atoms with Gasteiger partial charge in [-0.1, -0.05) is 6.07 Å². The minimum atomic E-state index is -0.929. The van der Waals surface area contributed by atoms with Crippen LogP contribution in [0.15, 0.2) is 18.2 Å². The lowest BCUT2D eigenvalue weighted by atomic mass is 9.99. The SMILES string of the molecule is COc1ccc(C(CN)C(=O)O)cc1OC1CCCSC1. The molecule has 5 nitrogen and oxygen atoms in total. The highest BCUT2D eigenvalue weighted by atomic mass is 32.2. The number of rotatable bonds is 6. The summed E-state index contributed by atoms with van der Waals surface area (Å²) in [7, 11) is 1.58. The first-order valence-electron chi connectivity index (χ1n) is 7.01. The number of hydrogen-bond acceptors (Lipinski definition) is 5. The molecular formula is C15H21NO4S. The molecule has 0 amide bonds. The highest BCUT2D eigenvalue weighted by molar-refractivity contribution is 7.99. The van der Waals surface area contributed by atoms with Crippen LogP contribution in [-0.4, -0.2) is 42.3 Å². The maximum atomic E-state index is 11.2. The molecule has 1 aromatic rings. The molecule has 0 spiro atoms. The highest BCUT2D eigenvalue weighted by Crippen LogP contribution is 2.33. The summed E-state index contributed by atoms with van der Waals surface area (Å²) in [4.78, 5) is 11.2. The fourth-order valence-electron chi connectivity index (χ4n) is 2.37. The van der Waals surface area contributed by atoms with E-state index in [1.807, 2.05) is 11.8 Å². The first kappa shape index (κ1) is 16.0. The van der Waals surface area contributed by atoms with Gasteiger partial charge in [-0.3, -0.25) is 4.79 Å². The fourth-order valence-corrected chi connectivity index (χ4v) is 3.40. The van der Waals surface area contributed by atoms with Crippen LogP contribution in [0.25, 0.3) is 0 Å². The quantitative estimate of drug-likeness (QED) is 0.837. The van der Waals surface area contributed by atoms with E-state index in [4.69, 9.17) is 15.2 Å². The number of thioether (sulfide) groups is 1. The molecule has 1 aliphatic heterocycles. The minimum Gasteiger partial charge on any atom is -0.493 e. The van der Waals surface area contributed by atoms with Gasteiger partial charge in [0.25, 0.3) is 0 Å². The summed E-state index contributed by atoms with van der Waals surface area (Å²) in [6.45, 7) is 0.0559. The van der Waals surface area contributed by atoms with E-state index in [0.717, 1.165) is 18.6 Å². The van der Waals surface area contributed by atoms with Crippen molar-refractivity contribution < 1.29 is 19.4 Å². The van der Waals surface area contributed by atoms with Crippen LogP contribution in [0.4, 0.5) is 0 Å². The molecular weight excluding hydrogens is 290 g/mol. The smallest absolute Gasteiger partial charge is 0.312 e. The Hall–Kier alpha value is -1.40. The summed E-state index contributed by atoms with van der Waals surface area (Å²) in [6.07, 6.45) is 2.30. The van der Waals surface area contributed by atoms with Crippen molar-refractivity contribution in [3.05, 3.63) is 23.8 Å². The number of carboxylic acids is 1. The van der Waals surface area contributed by atoms with Crippen molar-refractivity contribution in [1.82, 2.24) is 0 Å². The average Bonchev–Trinajstić information content (AvgIpc) is 2.49. The van der Waals surface area contributed by atoms with Crippen molar-refractivity contribution in [1.29, 1.82) is 0 Å². The van der Waals surface area contributed by atoms with Gasteiger partial charge in [0.2, 0.25) is 0 Å². The van der Waals surface area contributed by atoms with Crippen LogP contribution in [0, 0.1) is 0 Å². The summed E-state index contributed by atoms with van der Waals surface area (Å²) < 4.78 is 11.3. The molecule has 1 heterocycles. The Labute approximate surface area is 128 Å². The van der Waals surface area contributed by atoms with Crippen LogP contribution in [0.3, 0.4) is 0 Å². The van der Waals surface area contributed by atoms with Gasteiger partial charge >= 0.3 is 5.97 Å². The average molecular weight is 311 g/mol. The number of benzene rings is 1. The molecule has 0 saturated carbocycles. The predicted octanol–water partition coefficient (Wildman–Crippen LogP) is 2.10. The van der Waals surface area contributed by atoms with E-state index in [1.165, 1.54) is 5.75 Å². The molecule has 2 rings (SSSR count). The van der Waals surface area contributed by atoms with Gasteiger partial charge in [-0.2, -0.15) is 11.8 Å². The second-order valence-electron chi connectivity index (χ2n) is 4.99. The first-order chi connectivity index (χ1) is 10.2. The minimum absolute atomic E-state index is 0.0559. The normalized spacial score (nSPS) is 19.8. The van der Waals surface area contributed by atoms with E-state index in [9.17, 15) is 9.90 Å². The Bertz CT molecular complexity index is 489. The Morgan fingerprint density at radius 1 is 1.52 bits per heavy atom. The largest absolute Gasteiger partial charge is 0.493 e. The molecule has 0 bridgehead atoms. The van der Waals surface area contributed by atoms with Crippen molar-refractivity contribution in [2.45, 2.75) is 24.9 Å². The molecule has 3 N–H and O–H groups in total. The van der Waals surface area contributed by atoms with Gasteiger partial charge in [0.1, 0.15) is 6.10 Å². The van der Waals surface area contributed by atoms with Gasteiger partial charge in [-0.25, -0.2) is 0 Å². The Kier molecular flexibility index (Phi) is 5.76. The van der Waals surface area contributed by atoms with Gasteiger partial charge in [-0.15, -0.1) is 0 Å². The number of aliphatic carboxylic acids is 1. The molecule has 1 aliphatic rings. The van der Waals surface area contributed by atoms with Gasteiger partial charge in [0, 0.05) is 12.3 Å². The van der Waals surface area contributed by atoms with Gasteiger partial charge in [-0.05, 0) is 36.3 Å². The molecule has 1 saturated heterocycles. The number of carboxylic acid groups (broad SMARTS) is 1. The van der Waals surface area contributed by atoms with E-state index >= 15 is 0 Å². The van der Waals surface area contributed by atoms with Crippen LogP contribution in [0.1, 0.15) is 24.3 Å². The molecule has 6 heteroatoms. The molecule has 0 aromatic heterocycles. The zero-order chi connectivity index (χ0) is 15.2. The van der Waals surface area contributed by atoms with Gasteiger partial charge in [0.15, 0.2) is 11.5 Å². The predicted molar refractivity (Wildman–Crippen MR) is 83.4 cm³/mol. The van der Waals surface area contributed by atoms with Crippen LogP contribution < -0.4 is 15.2 Å². The molecule has 116 valence electrons. The second kappa shape index (κ2) is 7.56. The van der Waals surface area contributed by atoms with E-state index in [2.05, 4.69) is 0 Å². The number of methoxy groups -OCH3 is 1. The summed E-state index contributed by atoms with van der Waals surface area (Å²) in [5.74, 6) is 1.69. The van der Waals surface area contributed by atoms with Crippen LogP contribution in [0.5, 0.6) is 11.5 Å². The van der Waals surface area contributed by atoms with Crippen molar-refractivity contribution >= 4 is 17.7 Å². The number of ether oxygens (including phenoxy) is 2. The van der Waals surface area contributed by atoms with E-state index < -0.39 is 11.9 Å². The van der Waals surface area contributed by atoms with Crippen LogP contribution in [0.2, 0.25) is 0 Å². The summed E-state index contributed by atoms with van der Waals surface area (Å²) in [6, 6.07) is 5.21. The zero-order valence-corrected chi connectivity index (χ0v) is 12.9. The lowest BCUT2D eigenvalue weighted by Gasteiger charge is -2.24. The third-order valence-electron chi connectivity index (χ3n) is 3.54. The lowest BCUT2D eigenvalue weighted by molar-refractivity contribution is -0.138. The molecule has 2 atom stereocenters. The Morgan fingerprint density at radius 2 is 2.33 bits per heavy atom. The van der Waals surface area contributed by atoms with Gasteiger partial charge < -0.3 is 20.3 Å². The fraction of sp³-hybridized carbons (Fsp3) is 0.533. The maximum absolute atomic E-state index is 11.2. The second-order valence-corrected chi connectivity index (χ2v) is 6.14. The molecule has 0 aliphatic carbocycles. The lowest BCUT2D eigenvalue weighted by Crippen LogP contribution is -2.24. The standard InChI is InChI=1S/C15H21NO4S/c1-19-13-5-4-10(12(8-16)15(17)18)7-14(13)20-11-3-2-6-21-9-11/h4-5,7,11-12H,2-3,6,8-9,16H2,1H3,(H,17,18). The van der Waals surface area contributed by atoms with Crippen LogP contribution in [-0.2, 0) is 4.79 Å². The molecule has 21 heavy (non-hydrogen) atoms. The number of carbonyl (C=O) groups is 1. The first-order valence-corrected chi connectivity index (χ1v) is 8.16. The third kappa shape index (κ3) is 4.04. The molecule has 1 aromatic carbocycles. The molecule has 2 unspecified atom stereocenters. The van der Waals surface area contributed by atoms with Crippen molar-refractivity contribution in [2.75, 3.05) is 25.2 Å². The van der Waals surface area contributed by atoms with Crippen molar-refractivity contribution in [3.63, 3.8) is 0 Å². The topological polar surface area (TPSA) is 81.8 Å². The third-order valence-corrected chi connectivity index (χ3v) is 4.72. The van der Waals surface area contributed by atoms with E-state index in [-0.39, 0.29) is 12.6 Å². The number of nitrogens with two attached hydrogens (primary N) is 1. The highest BCUT2D eigenvalue weighted by Gasteiger charge is 2.22. The van der Waals surface area contributed by atoms with E-state index in [0.29, 0.717) is 17.1 Å². The Balaban J connectivity index is 2.22. The summed E-state index contributed by atoms with van der Waals surface area (Å²) in [5, 5.41) is 9.21. The Morgan fingerprint density at radius 3 is 2.90 bits per heavy atom. The molecule has 1 fully saturated rings. The monoisotopic (exact) mass is 311 g/mol. The summed E-state index contributed by atoms with van der Waals surface area (Å²) in [5.41, 5.74) is 6.20. The number of hydrogen-bond donors (Lipinski definition) is 2. The van der Waals surface area contributed by atoms with Crippen LogP contribution >= 0.6 is 11.8 Å². The van der Waals surface area contributed by atoms with E-state index in [1.54, 1.807) is 25.3 Å². The summed E-state index contributed by atoms with van der Waals surface area (Å²) >= 11 is 1.88. The van der Waals surface area contributed by atoms with Gasteiger partial charge in [0.05, 0.1) is 13.0 Å². The zero-order valence-electron chi connectivity index (χ0n) is 12.1.